The number of carbonyl (C=O) groups is 1. The van der Waals surface area contributed by atoms with Crippen molar-refractivity contribution in [2.24, 2.45) is 0 Å². The summed E-state index contributed by atoms with van der Waals surface area (Å²) in [5, 5.41) is 0. The molecule has 4 nitrogen and oxygen atoms in total. The van der Waals surface area contributed by atoms with Gasteiger partial charge in [0, 0.05) is 18.6 Å². The van der Waals surface area contributed by atoms with E-state index in [1.807, 2.05) is 30.3 Å². The van der Waals surface area contributed by atoms with Gasteiger partial charge in [0.2, 0.25) is 0 Å². The first kappa shape index (κ1) is 21.3. The Morgan fingerprint density at radius 1 is 1.00 bits per heavy atom. The molecular formula is C27H28O4S. The molecule has 5 heteroatoms. The molecule has 0 atom stereocenters. The molecule has 1 fully saturated rings. The molecular weight excluding hydrogens is 420 g/mol. The molecule has 2 aliphatic rings. The lowest BCUT2D eigenvalue weighted by Gasteiger charge is -2.30. The first-order valence-corrected chi connectivity index (χ1v) is 12.9. The Kier molecular flexibility index (Phi) is 5.36. The molecule has 3 aromatic rings. The van der Waals surface area contributed by atoms with E-state index in [-0.39, 0.29) is 11.2 Å². The van der Waals surface area contributed by atoms with Crippen LogP contribution in [0.3, 0.4) is 0 Å². The van der Waals surface area contributed by atoms with E-state index in [1.165, 1.54) is 5.56 Å². The average Bonchev–Trinajstić information content (AvgIpc) is 3.50. The quantitative estimate of drug-likeness (QED) is 0.448. The van der Waals surface area contributed by atoms with E-state index < -0.39 is 10.6 Å². The van der Waals surface area contributed by atoms with Crippen LogP contribution in [0.25, 0.3) is 11.1 Å². The van der Waals surface area contributed by atoms with E-state index in [4.69, 9.17) is 4.74 Å². The van der Waals surface area contributed by atoms with Gasteiger partial charge in [-0.25, -0.2) is 0 Å². The van der Waals surface area contributed by atoms with Gasteiger partial charge in [-0.1, -0.05) is 48.5 Å². The highest BCUT2D eigenvalue weighted by Gasteiger charge is 2.50. The van der Waals surface area contributed by atoms with Gasteiger partial charge < -0.3 is 4.74 Å². The number of Topliss-reactive ketones (excluding diaryl/α,β-unsaturated/α-hetero) is 1. The first-order chi connectivity index (χ1) is 15.4. The van der Waals surface area contributed by atoms with Crippen LogP contribution in [0.1, 0.15) is 36.5 Å². The summed E-state index contributed by atoms with van der Waals surface area (Å²) in [5.41, 5.74) is 4.96. The van der Waals surface area contributed by atoms with Crippen molar-refractivity contribution in [1.82, 2.24) is 0 Å². The summed E-state index contributed by atoms with van der Waals surface area (Å²) >= 11 is 0. The molecule has 3 aromatic carbocycles. The second-order valence-corrected chi connectivity index (χ2v) is 11.2. The second kappa shape index (κ2) is 8.07. The summed E-state index contributed by atoms with van der Waals surface area (Å²) in [7, 11) is -2.71. The summed E-state index contributed by atoms with van der Waals surface area (Å²) in [4.78, 5) is 13.9. The Morgan fingerprint density at radius 3 is 2.50 bits per heavy atom. The molecule has 0 saturated heterocycles. The number of ether oxygens (including phenoxy) is 1. The minimum Gasteiger partial charge on any atom is -0.493 e. The third kappa shape index (κ3) is 3.85. The molecule has 0 radical (unpaired) electrons. The number of carbonyl (C=O) groups excluding carboxylic acids is 1. The number of benzene rings is 3. The number of rotatable bonds is 7. The van der Waals surface area contributed by atoms with Crippen LogP contribution in [-0.2, 0) is 23.1 Å². The molecule has 0 unspecified atom stereocenters. The van der Waals surface area contributed by atoms with Crippen LogP contribution in [0.15, 0.2) is 71.6 Å². The number of hydrogen-bond acceptors (Lipinski definition) is 4. The van der Waals surface area contributed by atoms with Gasteiger partial charge in [-0.3, -0.25) is 13.9 Å². The monoisotopic (exact) mass is 448 g/mol. The van der Waals surface area contributed by atoms with Crippen molar-refractivity contribution in [3.63, 3.8) is 0 Å². The van der Waals surface area contributed by atoms with Crippen LogP contribution in [-0.4, -0.2) is 27.2 Å². The normalized spacial score (nSPS) is 16.8. The zero-order valence-corrected chi connectivity index (χ0v) is 19.0. The standard InChI is InChI=1S/C27H28O4S/c1-2-32(29,30)24-10-7-20(8-11-24)22-5-3-4-19(16-22)17-26(28)27(13-14-27)23-9-6-21-12-15-31-25(21)18-23/h3-11,16,18,29-30H,2,12-15,17H2,1H3. The molecule has 0 bridgehead atoms. The zero-order chi connectivity index (χ0) is 22.3. The maximum atomic E-state index is 13.3. The third-order valence-electron chi connectivity index (χ3n) is 6.79. The molecule has 1 heterocycles. The molecule has 1 aliphatic carbocycles. The van der Waals surface area contributed by atoms with Crippen molar-refractivity contribution < 1.29 is 18.6 Å². The van der Waals surface area contributed by atoms with Crippen molar-refractivity contribution in [2.45, 2.75) is 42.9 Å². The summed E-state index contributed by atoms with van der Waals surface area (Å²) in [6.45, 7) is 2.50. The van der Waals surface area contributed by atoms with Gasteiger partial charge in [-0.15, -0.1) is 0 Å². The highest BCUT2D eigenvalue weighted by atomic mass is 32.3. The third-order valence-corrected chi connectivity index (χ3v) is 8.62. The lowest BCUT2D eigenvalue weighted by atomic mass is 9.87. The smallest absolute Gasteiger partial charge is 0.147 e. The van der Waals surface area contributed by atoms with E-state index >= 15 is 0 Å². The lowest BCUT2D eigenvalue weighted by Crippen LogP contribution is -2.22. The molecule has 2 N–H and O–H groups in total. The van der Waals surface area contributed by atoms with Crippen LogP contribution < -0.4 is 4.74 Å². The van der Waals surface area contributed by atoms with E-state index in [0.29, 0.717) is 17.1 Å². The lowest BCUT2D eigenvalue weighted by molar-refractivity contribution is -0.120. The first-order valence-electron chi connectivity index (χ1n) is 11.2. The van der Waals surface area contributed by atoms with Crippen molar-refractivity contribution >= 4 is 16.4 Å². The van der Waals surface area contributed by atoms with Crippen LogP contribution in [0.5, 0.6) is 5.75 Å². The highest BCUT2D eigenvalue weighted by molar-refractivity contribution is 8.24. The number of ketones is 1. The number of fused-ring (bicyclic) bond motifs is 1. The minimum absolute atomic E-state index is 0.264. The fourth-order valence-corrected chi connectivity index (χ4v) is 5.47. The summed E-state index contributed by atoms with van der Waals surface area (Å²) in [6, 6.07) is 21.7. The Hall–Kier alpha value is -2.60. The Labute approximate surface area is 190 Å². The molecule has 0 aromatic heterocycles. The van der Waals surface area contributed by atoms with Gasteiger partial charge in [0.25, 0.3) is 0 Å². The van der Waals surface area contributed by atoms with E-state index in [0.717, 1.165) is 53.9 Å². The fraction of sp³-hybridized carbons (Fsp3) is 0.296. The van der Waals surface area contributed by atoms with Gasteiger partial charge >= 0.3 is 0 Å². The fourth-order valence-electron chi connectivity index (χ4n) is 4.56. The molecule has 1 aliphatic heterocycles. The Morgan fingerprint density at radius 2 is 1.78 bits per heavy atom. The predicted octanol–water partition coefficient (Wildman–Crippen LogP) is 6.26. The van der Waals surface area contributed by atoms with Crippen LogP contribution in [0.4, 0.5) is 0 Å². The SMILES string of the molecule is CCS(O)(O)c1ccc(-c2cccc(CC(=O)C3(c4ccc5c(c4)OCC5)CC3)c2)cc1. The van der Waals surface area contributed by atoms with Crippen molar-refractivity contribution in [1.29, 1.82) is 0 Å². The molecule has 1 saturated carbocycles. The largest absolute Gasteiger partial charge is 0.493 e. The van der Waals surface area contributed by atoms with E-state index in [1.54, 1.807) is 19.1 Å². The molecule has 5 rings (SSSR count). The maximum Gasteiger partial charge on any atom is 0.147 e. The van der Waals surface area contributed by atoms with Crippen molar-refractivity contribution in [3.05, 3.63) is 83.4 Å². The van der Waals surface area contributed by atoms with Gasteiger partial charge in [0.05, 0.1) is 16.9 Å². The van der Waals surface area contributed by atoms with Crippen LogP contribution in [0, 0.1) is 0 Å². The topological polar surface area (TPSA) is 66.8 Å². The van der Waals surface area contributed by atoms with Crippen LogP contribution in [0.2, 0.25) is 0 Å². The Balaban J connectivity index is 1.35. The summed E-state index contributed by atoms with van der Waals surface area (Å²) in [6.07, 6.45) is 3.15. The average molecular weight is 449 g/mol. The van der Waals surface area contributed by atoms with Gasteiger partial charge in [-0.2, -0.15) is 10.6 Å². The van der Waals surface area contributed by atoms with Gasteiger partial charge in [0.15, 0.2) is 0 Å². The zero-order valence-electron chi connectivity index (χ0n) is 18.2. The second-order valence-electron chi connectivity index (χ2n) is 8.78. The Bertz CT molecular complexity index is 1160. The highest BCUT2D eigenvalue weighted by Crippen LogP contribution is 2.51. The molecule has 166 valence electrons. The van der Waals surface area contributed by atoms with E-state index in [9.17, 15) is 13.9 Å². The van der Waals surface area contributed by atoms with Gasteiger partial charge in [-0.05, 0) is 65.8 Å². The maximum absolute atomic E-state index is 13.3. The van der Waals surface area contributed by atoms with Crippen molar-refractivity contribution in [3.8, 4) is 16.9 Å². The summed E-state index contributed by atoms with van der Waals surface area (Å²) < 4.78 is 26.0. The number of hydrogen-bond donors (Lipinski definition) is 2. The molecule has 0 spiro atoms. The summed E-state index contributed by atoms with van der Waals surface area (Å²) in [5.74, 6) is 1.51. The minimum atomic E-state index is -2.71. The molecule has 0 amide bonds. The van der Waals surface area contributed by atoms with E-state index in [2.05, 4.69) is 24.3 Å². The van der Waals surface area contributed by atoms with Gasteiger partial charge in [0.1, 0.15) is 11.5 Å². The van der Waals surface area contributed by atoms with Crippen LogP contribution >= 0.6 is 10.6 Å². The van der Waals surface area contributed by atoms with Crippen molar-refractivity contribution in [2.75, 3.05) is 12.4 Å². The predicted molar refractivity (Wildman–Crippen MR) is 129 cm³/mol. The molecule has 32 heavy (non-hydrogen) atoms.